The van der Waals surface area contributed by atoms with Crippen LogP contribution in [0.15, 0.2) is 87.6 Å². The Hall–Kier alpha value is -2.32. The maximum atomic E-state index is 4.67. The second-order valence-corrected chi connectivity index (χ2v) is 6.00. The van der Waals surface area contributed by atoms with Crippen molar-refractivity contribution in [2.45, 2.75) is 9.79 Å². The number of nitrogens with zero attached hydrogens (tertiary/aromatic N) is 1. The van der Waals surface area contributed by atoms with Gasteiger partial charge >= 0.3 is 0 Å². The number of hydrogen-bond donors (Lipinski definition) is 0. The molecular formula is C19H13NS. The maximum Gasteiger partial charge on any atom is 0.0769 e. The monoisotopic (exact) mass is 287 g/mol. The molecule has 2 heteroatoms. The zero-order valence-electron chi connectivity index (χ0n) is 11.4. The highest BCUT2D eigenvalue weighted by Gasteiger charge is 2.14. The predicted octanol–water partition coefficient (Wildman–Crippen LogP) is 5.57. The minimum atomic E-state index is 1.04. The Labute approximate surface area is 128 Å². The van der Waals surface area contributed by atoms with Gasteiger partial charge in [0.2, 0.25) is 0 Å². The van der Waals surface area contributed by atoms with E-state index < -0.39 is 0 Å². The lowest BCUT2D eigenvalue weighted by Gasteiger charge is -2.09. The fourth-order valence-electron chi connectivity index (χ4n) is 2.54. The van der Waals surface area contributed by atoms with E-state index in [4.69, 9.17) is 0 Å². The number of rotatable bonds is 1. The van der Waals surface area contributed by atoms with E-state index in [0.29, 0.717) is 0 Å². The Bertz CT molecular complexity index is 822. The van der Waals surface area contributed by atoms with E-state index in [9.17, 15) is 0 Å². The summed E-state index contributed by atoms with van der Waals surface area (Å²) in [7, 11) is 0. The van der Waals surface area contributed by atoms with E-state index in [1.807, 2.05) is 18.3 Å². The minimum Gasteiger partial charge on any atom is -0.255 e. The third kappa shape index (κ3) is 2.28. The number of aliphatic imine (C=N–C) groups is 1. The van der Waals surface area contributed by atoms with Crippen LogP contribution in [0.1, 0.15) is 5.56 Å². The molecule has 0 saturated carbocycles. The molecule has 4 rings (SSSR count). The summed E-state index contributed by atoms with van der Waals surface area (Å²) in [6, 6.07) is 25.2. The lowest BCUT2D eigenvalue weighted by atomic mass is 10.0. The Kier molecular flexibility index (Phi) is 3.09. The molecule has 0 amide bonds. The molecule has 0 atom stereocenters. The van der Waals surface area contributed by atoms with E-state index in [2.05, 4.69) is 65.7 Å². The van der Waals surface area contributed by atoms with Gasteiger partial charge in [-0.1, -0.05) is 66.4 Å². The molecule has 100 valence electrons. The van der Waals surface area contributed by atoms with Gasteiger partial charge in [0.05, 0.1) is 5.69 Å². The molecule has 1 heterocycles. The van der Waals surface area contributed by atoms with Gasteiger partial charge in [-0.25, -0.2) is 0 Å². The van der Waals surface area contributed by atoms with Crippen LogP contribution in [0.2, 0.25) is 0 Å². The van der Waals surface area contributed by atoms with Gasteiger partial charge < -0.3 is 0 Å². The third-order valence-corrected chi connectivity index (χ3v) is 4.71. The summed E-state index contributed by atoms with van der Waals surface area (Å²) in [6.45, 7) is 0. The number of hydrogen-bond acceptors (Lipinski definition) is 2. The molecule has 0 radical (unpaired) electrons. The van der Waals surface area contributed by atoms with Gasteiger partial charge in [0, 0.05) is 21.6 Å². The van der Waals surface area contributed by atoms with Crippen LogP contribution < -0.4 is 0 Å². The molecule has 1 nitrogen and oxygen atoms in total. The van der Waals surface area contributed by atoms with E-state index in [1.165, 1.54) is 26.5 Å². The first-order valence-electron chi connectivity index (χ1n) is 6.91. The fraction of sp³-hybridized carbons (Fsp3) is 0. The zero-order chi connectivity index (χ0) is 14.1. The number of fused-ring (bicyclic) bond motifs is 2. The van der Waals surface area contributed by atoms with Crippen molar-refractivity contribution in [2.75, 3.05) is 0 Å². The molecule has 1 aliphatic rings. The second-order valence-electron chi connectivity index (χ2n) is 4.91. The number of para-hydroxylation sites is 1. The van der Waals surface area contributed by atoms with Crippen LogP contribution in [0.3, 0.4) is 0 Å². The van der Waals surface area contributed by atoms with Crippen LogP contribution in [-0.2, 0) is 0 Å². The molecule has 0 unspecified atom stereocenters. The summed E-state index contributed by atoms with van der Waals surface area (Å²) < 4.78 is 0. The van der Waals surface area contributed by atoms with E-state index in [-0.39, 0.29) is 0 Å². The van der Waals surface area contributed by atoms with Gasteiger partial charge in [-0.3, -0.25) is 4.99 Å². The molecule has 21 heavy (non-hydrogen) atoms. The van der Waals surface area contributed by atoms with Crippen molar-refractivity contribution in [3.8, 4) is 11.1 Å². The highest BCUT2D eigenvalue weighted by Crippen LogP contribution is 2.41. The molecule has 3 aromatic carbocycles. The van der Waals surface area contributed by atoms with Crippen molar-refractivity contribution < 1.29 is 0 Å². The summed E-state index contributed by atoms with van der Waals surface area (Å²) >= 11 is 1.79. The first kappa shape index (κ1) is 12.4. The largest absolute Gasteiger partial charge is 0.255 e. The molecule has 0 bridgehead atoms. The summed E-state index contributed by atoms with van der Waals surface area (Å²) in [5.74, 6) is 0. The van der Waals surface area contributed by atoms with E-state index in [1.54, 1.807) is 11.8 Å². The van der Waals surface area contributed by atoms with Crippen molar-refractivity contribution in [1.29, 1.82) is 0 Å². The van der Waals surface area contributed by atoms with Crippen LogP contribution in [0.4, 0.5) is 5.69 Å². The second kappa shape index (κ2) is 5.23. The normalized spacial score (nSPS) is 12.4. The van der Waals surface area contributed by atoms with Gasteiger partial charge in [-0.2, -0.15) is 0 Å². The molecule has 3 aromatic rings. The van der Waals surface area contributed by atoms with Gasteiger partial charge in [0.1, 0.15) is 0 Å². The van der Waals surface area contributed by atoms with Crippen molar-refractivity contribution in [1.82, 2.24) is 0 Å². The fourth-order valence-corrected chi connectivity index (χ4v) is 3.57. The molecule has 1 aliphatic heterocycles. The van der Waals surface area contributed by atoms with Crippen LogP contribution in [0.25, 0.3) is 11.1 Å². The van der Waals surface area contributed by atoms with Crippen LogP contribution >= 0.6 is 11.8 Å². The van der Waals surface area contributed by atoms with E-state index in [0.717, 1.165) is 5.69 Å². The molecule has 0 spiro atoms. The topological polar surface area (TPSA) is 12.4 Å². The van der Waals surface area contributed by atoms with Crippen LogP contribution in [-0.4, -0.2) is 6.21 Å². The molecular weight excluding hydrogens is 274 g/mol. The molecule has 0 fully saturated rings. The van der Waals surface area contributed by atoms with Crippen LogP contribution in [0, 0.1) is 0 Å². The average Bonchev–Trinajstić information content (AvgIpc) is 2.74. The quantitative estimate of drug-likeness (QED) is 0.446. The highest BCUT2D eigenvalue weighted by atomic mass is 32.2. The summed E-state index contributed by atoms with van der Waals surface area (Å²) in [6.07, 6.45) is 2.00. The van der Waals surface area contributed by atoms with Crippen molar-refractivity contribution >= 4 is 23.7 Å². The average molecular weight is 287 g/mol. The summed E-state index contributed by atoms with van der Waals surface area (Å²) in [4.78, 5) is 7.13. The Morgan fingerprint density at radius 2 is 1.43 bits per heavy atom. The SMILES string of the molecule is C1=Nc2ccccc2Sc2cccc(-c3ccccc3)c21. The van der Waals surface area contributed by atoms with Crippen LogP contribution in [0.5, 0.6) is 0 Å². The molecule has 0 saturated heterocycles. The smallest absolute Gasteiger partial charge is 0.0769 e. The third-order valence-electron chi connectivity index (χ3n) is 3.57. The highest BCUT2D eigenvalue weighted by molar-refractivity contribution is 7.99. The first-order valence-corrected chi connectivity index (χ1v) is 7.73. The molecule has 0 N–H and O–H groups in total. The van der Waals surface area contributed by atoms with Gasteiger partial charge in [-0.05, 0) is 29.3 Å². The zero-order valence-corrected chi connectivity index (χ0v) is 12.2. The minimum absolute atomic E-state index is 1.04. The summed E-state index contributed by atoms with van der Waals surface area (Å²) in [5.41, 5.74) is 4.70. The van der Waals surface area contributed by atoms with Crippen molar-refractivity contribution in [3.05, 3.63) is 78.4 Å². The van der Waals surface area contributed by atoms with Crippen molar-refractivity contribution in [3.63, 3.8) is 0 Å². The maximum absolute atomic E-state index is 4.67. The molecule has 0 aliphatic carbocycles. The van der Waals surface area contributed by atoms with Gasteiger partial charge in [0.25, 0.3) is 0 Å². The Balaban J connectivity index is 1.91. The van der Waals surface area contributed by atoms with Gasteiger partial charge in [0.15, 0.2) is 0 Å². The Morgan fingerprint density at radius 3 is 2.33 bits per heavy atom. The van der Waals surface area contributed by atoms with Crippen molar-refractivity contribution in [2.24, 2.45) is 4.99 Å². The standard InChI is InChI=1S/C19H13NS/c1-2-7-14(8-3-1)15-9-6-12-18-16(15)13-20-17-10-4-5-11-19(17)21-18/h1-13H. The van der Waals surface area contributed by atoms with Gasteiger partial charge in [-0.15, -0.1) is 0 Å². The number of benzene rings is 3. The Morgan fingerprint density at radius 1 is 0.667 bits per heavy atom. The lowest BCUT2D eigenvalue weighted by molar-refractivity contribution is 1.38. The molecule has 0 aromatic heterocycles. The predicted molar refractivity (Wildman–Crippen MR) is 89.7 cm³/mol. The first-order chi connectivity index (χ1) is 10.4. The van der Waals surface area contributed by atoms with E-state index >= 15 is 0 Å². The summed E-state index contributed by atoms with van der Waals surface area (Å²) in [5, 5.41) is 0. The lowest BCUT2D eigenvalue weighted by Crippen LogP contribution is -1.90.